The molecule has 2 rings (SSSR count). The summed E-state index contributed by atoms with van der Waals surface area (Å²) < 4.78 is 5.34. The minimum absolute atomic E-state index is 0.858. The molecule has 1 aromatic rings. The van der Waals surface area contributed by atoms with Crippen molar-refractivity contribution in [2.75, 3.05) is 57.4 Å². The zero-order chi connectivity index (χ0) is 14.9. The van der Waals surface area contributed by atoms with Crippen LogP contribution in [0.4, 0.5) is 5.69 Å². The number of benzene rings is 1. The third-order valence-corrected chi connectivity index (χ3v) is 3.91. The Hall–Kier alpha value is -1.39. The highest BCUT2D eigenvalue weighted by Crippen LogP contribution is 2.13. The summed E-state index contributed by atoms with van der Waals surface area (Å²) in [6.45, 7) is 12.1. The van der Waals surface area contributed by atoms with Crippen LogP contribution in [0.25, 0.3) is 0 Å². The summed E-state index contributed by atoms with van der Waals surface area (Å²) in [6.07, 6.45) is 1.98. The van der Waals surface area contributed by atoms with Crippen LogP contribution in [0.3, 0.4) is 0 Å². The average Bonchev–Trinajstić information content (AvgIpc) is 2.55. The third kappa shape index (κ3) is 5.14. The van der Waals surface area contributed by atoms with E-state index in [0.717, 1.165) is 52.5 Å². The molecule has 1 fully saturated rings. The molecule has 0 unspecified atom stereocenters. The lowest BCUT2D eigenvalue weighted by atomic mass is 10.2. The van der Waals surface area contributed by atoms with E-state index >= 15 is 0 Å². The van der Waals surface area contributed by atoms with E-state index in [1.807, 2.05) is 6.21 Å². The van der Waals surface area contributed by atoms with Crippen LogP contribution in [-0.2, 0) is 4.74 Å². The molecule has 21 heavy (non-hydrogen) atoms. The van der Waals surface area contributed by atoms with Gasteiger partial charge in [0.1, 0.15) is 0 Å². The van der Waals surface area contributed by atoms with Gasteiger partial charge in [-0.1, -0.05) is 12.1 Å². The van der Waals surface area contributed by atoms with Gasteiger partial charge >= 0.3 is 0 Å². The maximum atomic E-state index is 5.34. The summed E-state index contributed by atoms with van der Waals surface area (Å²) in [5.74, 6) is 0. The number of morpholine rings is 1. The normalized spacial score (nSPS) is 16.5. The second-order valence-corrected chi connectivity index (χ2v) is 5.25. The Kier molecular flexibility index (Phi) is 6.70. The molecule has 1 aliphatic rings. The highest BCUT2D eigenvalue weighted by molar-refractivity contribution is 5.80. The molecule has 0 atom stereocenters. The summed E-state index contributed by atoms with van der Waals surface area (Å²) in [7, 11) is 0. The van der Waals surface area contributed by atoms with Gasteiger partial charge in [0.05, 0.1) is 19.8 Å². The lowest BCUT2D eigenvalue weighted by molar-refractivity contribution is 0.0395. The van der Waals surface area contributed by atoms with Gasteiger partial charge in [-0.15, -0.1) is 0 Å². The number of ether oxygens (including phenoxy) is 1. The molecule has 0 aliphatic carbocycles. The molecule has 1 aromatic carbocycles. The minimum atomic E-state index is 0.858. The molecule has 4 nitrogen and oxygen atoms in total. The van der Waals surface area contributed by atoms with E-state index in [1.54, 1.807) is 0 Å². The number of anilines is 1. The molecule has 0 bridgehead atoms. The fourth-order valence-electron chi connectivity index (χ4n) is 2.55. The molecule has 1 aliphatic heterocycles. The van der Waals surface area contributed by atoms with E-state index < -0.39 is 0 Å². The first-order valence-corrected chi connectivity index (χ1v) is 7.98. The summed E-state index contributed by atoms with van der Waals surface area (Å²) >= 11 is 0. The molecule has 1 heterocycles. The Balaban J connectivity index is 1.78. The Morgan fingerprint density at radius 2 is 1.81 bits per heavy atom. The Morgan fingerprint density at radius 3 is 2.43 bits per heavy atom. The molecule has 0 spiro atoms. The number of nitrogens with zero attached hydrogens (tertiary/aromatic N) is 3. The van der Waals surface area contributed by atoms with Crippen LogP contribution >= 0.6 is 0 Å². The van der Waals surface area contributed by atoms with Gasteiger partial charge in [0, 0.05) is 44.6 Å². The zero-order valence-electron chi connectivity index (χ0n) is 13.3. The van der Waals surface area contributed by atoms with Crippen LogP contribution in [0, 0.1) is 0 Å². The fourth-order valence-corrected chi connectivity index (χ4v) is 2.55. The molecule has 1 saturated heterocycles. The quantitative estimate of drug-likeness (QED) is 0.721. The van der Waals surface area contributed by atoms with Crippen molar-refractivity contribution in [1.29, 1.82) is 0 Å². The summed E-state index contributed by atoms with van der Waals surface area (Å²) in [4.78, 5) is 9.28. The van der Waals surface area contributed by atoms with Crippen molar-refractivity contribution >= 4 is 11.9 Å². The van der Waals surface area contributed by atoms with Crippen LogP contribution in [-0.4, -0.2) is 63.6 Å². The molecule has 0 N–H and O–H groups in total. The van der Waals surface area contributed by atoms with E-state index in [1.165, 1.54) is 11.3 Å². The van der Waals surface area contributed by atoms with E-state index in [2.05, 4.69) is 52.9 Å². The van der Waals surface area contributed by atoms with Crippen LogP contribution < -0.4 is 4.90 Å². The van der Waals surface area contributed by atoms with Gasteiger partial charge in [-0.25, -0.2) is 0 Å². The van der Waals surface area contributed by atoms with Crippen molar-refractivity contribution in [2.24, 2.45) is 4.99 Å². The highest BCUT2D eigenvalue weighted by Gasteiger charge is 2.08. The van der Waals surface area contributed by atoms with E-state index in [9.17, 15) is 0 Å². The SMILES string of the molecule is CCN(CC)c1ccc(C=NCCN2CCOCC2)cc1. The van der Waals surface area contributed by atoms with Gasteiger partial charge in [0.2, 0.25) is 0 Å². The first-order valence-electron chi connectivity index (χ1n) is 7.98. The first kappa shape index (κ1) is 16.0. The number of hydrogen-bond acceptors (Lipinski definition) is 4. The predicted molar refractivity (Wildman–Crippen MR) is 89.7 cm³/mol. The van der Waals surface area contributed by atoms with Gasteiger partial charge in [0.25, 0.3) is 0 Å². The smallest absolute Gasteiger partial charge is 0.0594 e. The van der Waals surface area contributed by atoms with Gasteiger partial charge in [0.15, 0.2) is 0 Å². The zero-order valence-corrected chi connectivity index (χ0v) is 13.3. The van der Waals surface area contributed by atoms with Crippen molar-refractivity contribution in [3.63, 3.8) is 0 Å². The standard InChI is InChI=1S/C17H27N3O/c1-3-20(4-2)17-7-5-16(6-8-17)15-18-9-10-19-11-13-21-14-12-19/h5-8,15H,3-4,9-14H2,1-2H3. The van der Waals surface area contributed by atoms with Crippen molar-refractivity contribution in [1.82, 2.24) is 4.90 Å². The van der Waals surface area contributed by atoms with E-state index in [0.29, 0.717) is 0 Å². The molecule has 0 saturated carbocycles. The van der Waals surface area contributed by atoms with Crippen LogP contribution in [0.5, 0.6) is 0 Å². The van der Waals surface area contributed by atoms with E-state index in [4.69, 9.17) is 4.74 Å². The van der Waals surface area contributed by atoms with Crippen LogP contribution in [0.2, 0.25) is 0 Å². The maximum absolute atomic E-state index is 5.34. The van der Waals surface area contributed by atoms with Crippen molar-refractivity contribution < 1.29 is 4.74 Å². The molecular weight excluding hydrogens is 262 g/mol. The third-order valence-electron chi connectivity index (χ3n) is 3.91. The molecule has 116 valence electrons. The van der Waals surface area contributed by atoms with Gasteiger partial charge < -0.3 is 9.64 Å². The molecular formula is C17H27N3O. The topological polar surface area (TPSA) is 28.1 Å². The predicted octanol–water partition coefficient (Wildman–Crippen LogP) is 2.28. The number of hydrogen-bond donors (Lipinski definition) is 0. The number of aliphatic imine (C=N–C) groups is 1. The van der Waals surface area contributed by atoms with E-state index in [-0.39, 0.29) is 0 Å². The molecule has 0 aromatic heterocycles. The summed E-state index contributed by atoms with van der Waals surface area (Å²) in [5.41, 5.74) is 2.46. The summed E-state index contributed by atoms with van der Waals surface area (Å²) in [5, 5.41) is 0. The Morgan fingerprint density at radius 1 is 1.14 bits per heavy atom. The van der Waals surface area contributed by atoms with Crippen LogP contribution in [0.15, 0.2) is 29.3 Å². The highest BCUT2D eigenvalue weighted by atomic mass is 16.5. The minimum Gasteiger partial charge on any atom is -0.379 e. The van der Waals surface area contributed by atoms with Gasteiger partial charge in [-0.2, -0.15) is 0 Å². The second-order valence-electron chi connectivity index (χ2n) is 5.25. The monoisotopic (exact) mass is 289 g/mol. The van der Waals surface area contributed by atoms with Crippen LogP contribution in [0.1, 0.15) is 19.4 Å². The molecule has 4 heteroatoms. The van der Waals surface area contributed by atoms with Gasteiger partial charge in [-0.3, -0.25) is 9.89 Å². The maximum Gasteiger partial charge on any atom is 0.0594 e. The Labute approximate surface area is 128 Å². The summed E-state index contributed by atoms with van der Waals surface area (Å²) in [6, 6.07) is 8.64. The van der Waals surface area contributed by atoms with Crippen molar-refractivity contribution in [3.8, 4) is 0 Å². The van der Waals surface area contributed by atoms with Crippen molar-refractivity contribution in [3.05, 3.63) is 29.8 Å². The molecule has 0 amide bonds. The van der Waals surface area contributed by atoms with Gasteiger partial charge in [-0.05, 0) is 31.5 Å². The largest absolute Gasteiger partial charge is 0.379 e. The van der Waals surface area contributed by atoms with Crippen molar-refractivity contribution in [2.45, 2.75) is 13.8 Å². The first-order chi connectivity index (χ1) is 10.3. The Bertz CT molecular complexity index is 420. The second kappa shape index (κ2) is 8.80. The lowest BCUT2D eigenvalue weighted by Gasteiger charge is -2.25. The average molecular weight is 289 g/mol. The lowest BCUT2D eigenvalue weighted by Crippen LogP contribution is -2.37. The number of rotatable bonds is 7. The fraction of sp³-hybridized carbons (Fsp3) is 0.588. The molecule has 0 radical (unpaired) electrons.